The molecule has 92 valence electrons. The standard InChI is InChI=1S/C11H18O5/c1-3-4-5-6-9(7-10(13)14)11(15)16-8(2)12/h9H,3-7H2,1-2H3,(H,13,14). The van der Waals surface area contributed by atoms with Crippen molar-refractivity contribution in [2.75, 3.05) is 0 Å². The quantitative estimate of drug-likeness (QED) is 0.409. The number of rotatable bonds is 7. The molecule has 0 saturated carbocycles. The van der Waals surface area contributed by atoms with Gasteiger partial charge in [-0.25, -0.2) is 0 Å². The number of aliphatic carboxylic acids is 1. The third-order valence-electron chi connectivity index (χ3n) is 2.15. The van der Waals surface area contributed by atoms with E-state index >= 15 is 0 Å². The van der Waals surface area contributed by atoms with E-state index in [1.54, 1.807) is 0 Å². The van der Waals surface area contributed by atoms with E-state index in [2.05, 4.69) is 4.74 Å². The van der Waals surface area contributed by atoms with E-state index in [-0.39, 0.29) is 6.42 Å². The Hall–Kier alpha value is -1.39. The van der Waals surface area contributed by atoms with Crippen LogP contribution >= 0.6 is 0 Å². The maximum Gasteiger partial charge on any atom is 0.317 e. The van der Waals surface area contributed by atoms with E-state index in [0.29, 0.717) is 6.42 Å². The van der Waals surface area contributed by atoms with Crippen molar-refractivity contribution in [3.63, 3.8) is 0 Å². The molecule has 0 aromatic rings. The molecule has 0 amide bonds. The highest BCUT2D eigenvalue weighted by Gasteiger charge is 2.23. The van der Waals surface area contributed by atoms with Crippen LogP contribution in [0, 0.1) is 5.92 Å². The van der Waals surface area contributed by atoms with Gasteiger partial charge in [0.25, 0.3) is 0 Å². The van der Waals surface area contributed by atoms with Gasteiger partial charge in [-0.15, -0.1) is 0 Å². The number of unbranched alkanes of at least 4 members (excludes halogenated alkanes) is 2. The minimum atomic E-state index is -1.05. The zero-order chi connectivity index (χ0) is 12.6. The lowest BCUT2D eigenvalue weighted by atomic mass is 9.98. The second-order valence-corrected chi connectivity index (χ2v) is 3.70. The maximum atomic E-state index is 11.4. The summed E-state index contributed by atoms with van der Waals surface area (Å²) >= 11 is 0. The van der Waals surface area contributed by atoms with Gasteiger partial charge in [-0.1, -0.05) is 26.2 Å². The molecule has 0 bridgehead atoms. The summed E-state index contributed by atoms with van der Waals surface area (Å²) in [7, 11) is 0. The number of hydrogen-bond acceptors (Lipinski definition) is 4. The Kier molecular flexibility index (Phi) is 7.16. The summed E-state index contributed by atoms with van der Waals surface area (Å²) in [6.45, 7) is 3.14. The van der Waals surface area contributed by atoms with Crippen molar-refractivity contribution >= 4 is 17.9 Å². The molecule has 0 aromatic carbocycles. The maximum absolute atomic E-state index is 11.4. The molecule has 0 aromatic heterocycles. The molecule has 0 aliphatic rings. The summed E-state index contributed by atoms with van der Waals surface area (Å²) in [5.74, 6) is -3.20. The Morgan fingerprint density at radius 3 is 2.31 bits per heavy atom. The normalized spacial score (nSPS) is 11.9. The van der Waals surface area contributed by atoms with Gasteiger partial charge in [0.15, 0.2) is 0 Å². The fourth-order valence-corrected chi connectivity index (χ4v) is 1.38. The molecule has 0 saturated heterocycles. The molecule has 0 aliphatic heterocycles. The summed E-state index contributed by atoms with van der Waals surface area (Å²) in [6.07, 6.45) is 2.86. The number of carboxylic acid groups (broad SMARTS) is 1. The molecule has 0 aliphatic carbocycles. The van der Waals surface area contributed by atoms with Crippen molar-refractivity contribution in [1.29, 1.82) is 0 Å². The third kappa shape index (κ3) is 6.98. The van der Waals surface area contributed by atoms with Crippen LogP contribution in [0.5, 0.6) is 0 Å². The molecule has 1 atom stereocenters. The number of carbonyl (C=O) groups excluding carboxylic acids is 2. The van der Waals surface area contributed by atoms with E-state index in [0.717, 1.165) is 26.2 Å². The first kappa shape index (κ1) is 14.6. The Labute approximate surface area is 94.8 Å². The van der Waals surface area contributed by atoms with Crippen LogP contribution in [0.3, 0.4) is 0 Å². The highest BCUT2D eigenvalue weighted by Crippen LogP contribution is 2.15. The SMILES string of the molecule is CCCCCC(CC(=O)O)C(=O)OC(C)=O. The minimum absolute atomic E-state index is 0.282. The Morgan fingerprint density at radius 1 is 1.25 bits per heavy atom. The van der Waals surface area contributed by atoms with Gasteiger partial charge in [-0.3, -0.25) is 14.4 Å². The van der Waals surface area contributed by atoms with Crippen LogP contribution in [-0.4, -0.2) is 23.0 Å². The van der Waals surface area contributed by atoms with E-state index in [4.69, 9.17) is 5.11 Å². The second-order valence-electron chi connectivity index (χ2n) is 3.70. The van der Waals surface area contributed by atoms with Crippen LogP contribution in [0.2, 0.25) is 0 Å². The zero-order valence-corrected chi connectivity index (χ0v) is 9.69. The van der Waals surface area contributed by atoms with Crippen LogP contribution in [0.15, 0.2) is 0 Å². The van der Waals surface area contributed by atoms with Gasteiger partial charge >= 0.3 is 17.9 Å². The summed E-state index contributed by atoms with van der Waals surface area (Å²) in [6, 6.07) is 0. The molecular weight excluding hydrogens is 212 g/mol. The van der Waals surface area contributed by atoms with Crippen LogP contribution in [-0.2, 0) is 19.1 Å². The van der Waals surface area contributed by atoms with Crippen molar-refractivity contribution in [3.05, 3.63) is 0 Å². The average molecular weight is 230 g/mol. The van der Waals surface area contributed by atoms with Gasteiger partial charge < -0.3 is 9.84 Å². The van der Waals surface area contributed by atoms with Crippen LogP contribution in [0.1, 0.15) is 46.0 Å². The smallest absolute Gasteiger partial charge is 0.317 e. The first-order chi connectivity index (χ1) is 7.47. The molecule has 1 unspecified atom stereocenters. The van der Waals surface area contributed by atoms with E-state index in [9.17, 15) is 14.4 Å². The Balaban J connectivity index is 4.23. The predicted octanol–water partition coefficient (Wildman–Crippen LogP) is 1.75. The van der Waals surface area contributed by atoms with Crippen molar-refractivity contribution in [2.45, 2.75) is 46.0 Å². The number of carboxylic acids is 1. The highest BCUT2D eigenvalue weighted by atomic mass is 16.6. The number of ether oxygens (including phenoxy) is 1. The van der Waals surface area contributed by atoms with Crippen LogP contribution in [0.4, 0.5) is 0 Å². The van der Waals surface area contributed by atoms with Crippen molar-refractivity contribution in [2.24, 2.45) is 5.92 Å². The van der Waals surface area contributed by atoms with Gasteiger partial charge in [0, 0.05) is 6.92 Å². The van der Waals surface area contributed by atoms with E-state index in [1.165, 1.54) is 0 Å². The third-order valence-corrected chi connectivity index (χ3v) is 2.15. The number of esters is 2. The molecule has 0 rings (SSSR count). The van der Waals surface area contributed by atoms with Gasteiger partial charge in [-0.05, 0) is 6.42 Å². The summed E-state index contributed by atoms with van der Waals surface area (Å²) in [5.41, 5.74) is 0. The van der Waals surface area contributed by atoms with E-state index < -0.39 is 23.8 Å². The van der Waals surface area contributed by atoms with Crippen molar-refractivity contribution in [1.82, 2.24) is 0 Å². The molecule has 0 spiro atoms. The largest absolute Gasteiger partial charge is 0.481 e. The highest BCUT2D eigenvalue weighted by molar-refractivity contribution is 5.87. The molecule has 1 N–H and O–H groups in total. The summed E-state index contributed by atoms with van der Waals surface area (Å²) < 4.78 is 4.40. The first-order valence-corrected chi connectivity index (χ1v) is 5.41. The molecule has 0 heterocycles. The molecule has 16 heavy (non-hydrogen) atoms. The minimum Gasteiger partial charge on any atom is -0.481 e. The summed E-state index contributed by atoms with van der Waals surface area (Å²) in [4.78, 5) is 32.5. The van der Waals surface area contributed by atoms with Gasteiger partial charge in [0.05, 0.1) is 12.3 Å². The fraction of sp³-hybridized carbons (Fsp3) is 0.727. The Bertz CT molecular complexity index is 259. The lowest BCUT2D eigenvalue weighted by Crippen LogP contribution is -2.22. The monoisotopic (exact) mass is 230 g/mol. The molecular formula is C11H18O5. The lowest BCUT2D eigenvalue weighted by molar-refractivity contribution is -0.163. The van der Waals surface area contributed by atoms with Crippen LogP contribution < -0.4 is 0 Å². The number of hydrogen-bond donors (Lipinski definition) is 1. The van der Waals surface area contributed by atoms with Gasteiger partial charge in [-0.2, -0.15) is 0 Å². The number of carbonyl (C=O) groups is 3. The molecule has 5 heteroatoms. The van der Waals surface area contributed by atoms with E-state index in [1.807, 2.05) is 6.92 Å². The summed E-state index contributed by atoms with van der Waals surface area (Å²) in [5, 5.41) is 8.63. The van der Waals surface area contributed by atoms with Crippen LogP contribution in [0.25, 0.3) is 0 Å². The average Bonchev–Trinajstić information content (AvgIpc) is 2.14. The molecule has 5 nitrogen and oxygen atoms in total. The van der Waals surface area contributed by atoms with Gasteiger partial charge in [0.1, 0.15) is 0 Å². The molecule has 0 fully saturated rings. The first-order valence-electron chi connectivity index (χ1n) is 5.41. The Morgan fingerprint density at radius 2 is 1.88 bits per heavy atom. The topological polar surface area (TPSA) is 80.7 Å². The lowest BCUT2D eigenvalue weighted by Gasteiger charge is -2.11. The zero-order valence-electron chi connectivity index (χ0n) is 9.69. The van der Waals surface area contributed by atoms with Crippen molar-refractivity contribution < 1.29 is 24.2 Å². The second kappa shape index (κ2) is 7.84. The van der Waals surface area contributed by atoms with Crippen molar-refractivity contribution in [3.8, 4) is 0 Å². The molecule has 0 radical (unpaired) electrons. The fourth-order valence-electron chi connectivity index (χ4n) is 1.38. The van der Waals surface area contributed by atoms with Gasteiger partial charge in [0.2, 0.25) is 0 Å². The predicted molar refractivity (Wildman–Crippen MR) is 56.7 cm³/mol.